The molecule has 0 aromatic heterocycles. The summed E-state index contributed by atoms with van der Waals surface area (Å²) in [5.41, 5.74) is 0. The summed E-state index contributed by atoms with van der Waals surface area (Å²) in [6.07, 6.45) is 0. The van der Waals surface area contributed by atoms with Crippen molar-refractivity contribution in [1.29, 1.82) is 0 Å². The van der Waals surface area contributed by atoms with E-state index in [-0.39, 0.29) is 12.4 Å². The fraction of sp³-hybridized carbons (Fsp3) is 0. The Bertz CT molecular complexity index is 216. The Morgan fingerprint density at radius 1 is 1.86 bits per heavy atom. The van der Waals surface area contributed by atoms with E-state index in [1.54, 1.807) is 0 Å². The highest BCUT2D eigenvalue weighted by Gasteiger charge is 1.41. The van der Waals surface area contributed by atoms with E-state index in [4.69, 9.17) is 22.4 Å². The smallest absolute Gasteiger partial charge is 0.0424 e. The molecule has 0 nitrogen and oxygen atoms in total. The van der Waals surface area contributed by atoms with Crippen LogP contribution in [0.3, 0.4) is 0 Å². The van der Waals surface area contributed by atoms with Crippen LogP contribution in [0.25, 0.3) is 0 Å². The Morgan fingerprint density at radius 2 is 2.29 bits per heavy atom. The van der Waals surface area contributed by atoms with Crippen LogP contribution in [0.5, 0.6) is 0 Å². The van der Waals surface area contributed by atoms with Crippen LogP contribution in [0, 0.1) is 0 Å². The predicted octanol–water partition coefficient (Wildman–Crippen LogP) is 2.06. The molecule has 0 heterocycles. The quantitative estimate of drug-likeness (QED) is 0.290. The Kier molecular flexibility index (Phi) is 7.13. The Hall–Kier alpha value is 2.47. The van der Waals surface area contributed by atoms with E-state index < -0.39 is 0 Å². The topological polar surface area (TPSA) is 0 Å². The van der Waals surface area contributed by atoms with Crippen molar-refractivity contribution >= 4 is 71.9 Å². The number of hydrogen-bond donors (Lipinski definition) is 0. The highest BCUT2D eigenvalue weighted by Crippen LogP contribution is 2.07. The maximum atomic E-state index is 4.96. The van der Waals surface area contributed by atoms with Crippen LogP contribution in [-0.2, 0) is 34.8 Å². The molecule has 0 saturated carbocycles. The fourth-order valence-electron chi connectivity index (χ4n) is 0.0338. The normalized spacial score (nSPS) is 10.1. The molecule has 0 bridgehead atoms. The molecule has 1 atom stereocenters. The lowest BCUT2D eigenvalue weighted by Crippen LogP contribution is -1.42. The van der Waals surface area contributed by atoms with E-state index in [0.717, 1.165) is 0 Å². The van der Waals surface area contributed by atoms with E-state index >= 15 is 0 Å². The van der Waals surface area contributed by atoms with Crippen molar-refractivity contribution in [2.45, 2.75) is 0 Å². The molecule has 0 aromatic carbocycles. The molecule has 0 N–H and O–H groups in total. The summed E-state index contributed by atoms with van der Waals surface area (Å²) in [6, 6.07) is 0. The minimum Gasteiger partial charge on any atom is -0.288 e. The third-order valence-corrected chi connectivity index (χ3v) is 21.4. The highest BCUT2D eigenvalue weighted by atomic mass is 127. The molecular formula is H2IP2S4-. The van der Waals surface area contributed by atoms with Gasteiger partial charge in [-0.1, -0.05) is 8.93 Å². The van der Waals surface area contributed by atoms with Crippen LogP contribution < -0.4 is 0 Å². The SMILES string of the molecule is PP=S(=S)=[S-](=S)I. The summed E-state index contributed by atoms with van der Waals surface area (Å²) >= 11 is 12.1. The van der Waals surface area contributed by atoms with Crippen molar-refractivity contribution in [2.24, 2.45) is 0 Å². The Labute approximate surface area is 71.0 Å². The first kappa shape index (κ1) is 9.47. The van der Waals surface area contributed by atoms with Crippen molar-refractivity contribution in [3.63, 3.8) is 0 Å². The van der Waals surface area contributed by atoms with Gasteiger partial charge in [0.2, 0.25) is 0 Å². The molecule has 0 amide bonds. The van der Waals surface area contributed by atoms with Crippen LogP contribution in [0.2, 0.25) is 0 Å². The number of hydrogen-bond acceptors (Lipinski definition) is 3. The van der Waals surface area contributed by atoms with Gasteiger partial charge in [0.25, 0.3) is 0 Å². The Morgan fingerprint density at radius 3 is 2.29 bits per heavy atom. The largest absolute Gasteiger partial charge is 0.288 e. The predicted molar refractivity (Wildman–Crippen MR) is 60.1 cm³/mol. The third-order valence-electron chi connectivity index (χ3n) is 0.198. The zero-order chi connectivity index (χ0) is 5.86. The van der Waals surface area contributed by atoms with Crippen LogP contribution in [0.4, 0.5) is 0 Å². The summed E-state index contributed by atoms with van der Waals surface area (Å²) in [7, 11) is 3.78. The molecule has 7 heteroatoms. The van der Waals surface area contributed by atoms with E-state index in [0.29, 0.717) is 0 Å². The minimum absolute atomic E-state index is 0.00241. The van der Waals surface area contributed by atoms with Gasteiger partial charge in [0.1, 0.15) is 0 Å². The summed E-state index contributed by atoms with van der Waals surface area (Å²) < 4.78 is 0. The fourth-order valence-corrected chi connectivity index (χ4v) is 13.1. The Balaban J connectivity index is 5.15. The van der Waals surface area contributed by atoms with Crippen LogP contribution >= 0.6 is 37.2 Å². The summed E-state index contributed by atoms with van der Waals surface area (Å²) in [4.78, 5) is 0. The average molecular weight is 319 g/mol. The van der Waals surface area contributed by atoms with E-state index in [2.05, 4.69) is 30.1 Å². The van der Waals surface area contributed by atoms with Gasteiger partial charge in [-0.15, -0.1) is 0 Å². The second-order valence-electron chi connectivity index (χ2n) is 0.517. The molecule has 1 unspecified atom stereocenters. The van der Waals surface area contributed by atoms with Crippen molar-refractivity contribution in [3.8, 4) is 0 Å². The van der Waals surface area contributed by atoms with Gasteiger partial charge in [0, 0.05) is 0 Å². The van der Waals surface area contributed by atoms with Gasteiger partial charge >= 0.3 is 0 Å². The minimum atomic E-state index is 0.00241. The van der Waals surface area contributed by atoms with E-state index in [1.807, 2.05) is 0 Å². The molecule has 44 valence electrons. The van der Waals surface area contributed by atoms with Crippen LogP contribution in [0.1, 0.15) is 0 Å². The molecule has 0 aliphatic carbocycles. The average Bonchev–Trinajstić information content (AvgIpc) is 1.65. The molecule has 0 rings (SSSR count). The molecule has 0 fully saturated rings. The molecular weight excluding hydrogens is 317 g/mol. The first-order valence-corrected chi connectivity index (χ1v) is 11.6. The number of halogens is 1. The first-order chi connectivity index (χ1) is 3.18. The first-order valence-electron chi connectivity index (χ1n) is 1.10. The van der Waals surface area contributed by atoms with E-state index in [1.165, 1.54) is 7.04 Å². The number of rotatable bonds is 0. The standard InChI is InChI=1S/H2IP2S4/c1-6(4)7(5)3-2/h2H2/q-1. The molecule has 0 radical (unpaired) electrons. The summed E-state index contributed by atoms with van der Waals surface area (Å²) in [5, 5.41) is 0.00241. The summed E-state index contributed by atoms with van der Waals surface area (Å²) in [5.74, 6) is 0. The highest BCUT2D eigenvalue weighted by molar-refractivity contribution is 14.2. The van der Waals surface area contributed by atoms with Gasteiger partial charge in [0.05, 0.1) is 0 Å². The maximum Gasteiger partial charge on any atom is -0.0424 e. The van der Waals surface area contributed by atoms with Gasteiger partial charge in [-0.3, -0.25) is 5.18 Å². The van der Waals surface area contributed by atoms with Crippen molar-refractivity contribution < 1.29 is 0 Å². The van der Waals surface area contributed by atoms with Crippen molar-refractivity contribution in [1.82, 2.24) is 0 Å². The van der Waals surface area contributed by atoms with E-state index in [9.17, 15) is 0 Å². The molecule has 7 heavy (non-hydrogen) atoms. The van der Waals surface area contributed by atoms with Gasteiger partial charge in [-0.2, -0.15) is 0 Å². The zero-order valence-electron chi connectivity index (χ0n) is 3.04. The second-order valence-corrected chi connectivity index (χ2v) is 18.2. The second kappa shape index (κ2) is 5.27. The zero-order valence-corrected chi connectivity index (χ0v) is 10.5. The third kappa shape index (κ3) is 4.94. The molecule has 0 aliphatic heterocycles. The van der Waals surface area contributed by atoms with Gasteiger partial charge < -0.3 is 0 Å². The summed E-state index contributed by atoms with van der Waals surface area (Å²) in [6.45, 7) is 0. The molecule has 0 aromatic rings. The molecule has 0 aliphatic rings. The van der Waals surface area contributed by atoms with Crippen molar-refractivity contribution in [2.75, 3.05) is 0 Å². The van der Waals surface area contributed by atoms with Crippen LogP contribution in [0.15, 0.2) is 0 Å². The lowest BCUT2D eigenvalue weighted by Gasteiger charge is -1.80. The molecule has 0 spiro atoms. The monoisotopic (exact) mass is 319 g/mol. The lowest BCUT2D eigenvalue weighted by molar-refractivity contribution is 5.65. The molecule has 0 saturated heterocycles. The van der Waals surface area contributed by atoms with Gasteiger partial charge in [-0.05, 0) is 18.2 Å². The maximum absolute atomic E-state index is 4.96. The van der Waals surface area contributed by atoms with Gasteiger partial charge in [-0.25, -0.2) is 39.6 Å². The van der Waals surface area contributed by atoms with Gasteiger partial charge in [0.15, 0.2) is 0 Å². The van der Waals surface area contributed by atoms with Crippen molar-refractivity contribution in [3.05, 3.63) is 0 Å². The lowest BCUT2D eigenvalue weighted by atomic mass is 29.8. The van der Waals surface area contributed by atoms with Crippen LogP contribution in [-0.4, -0.2) is 0 Å².